The van der Waals surface area contributed by atoms with E-state index in [-0.39, 0.29) is 43.3 Å². The van der Waals surface area contributed by atoms with Gasteiger partial charge in [0.2, 0.25) is 0 Å². The number of hydrazone groups is 1. The third-order valence-electron chi connectivity index (χ3n) is 5.36. The van der Waals surface area contributed by atoms with Crippen molar-refractivity contribution >= 4 is 40.0 Å². The van der Waals surface area contributed by atoms with Crippen LogP contribution in [0, 0.1) is 20.2 Å². The van der Waals surface area contributed by atoms with E-state index < -0.39 is 27.1 Å². The number of fused-ring (bicyclic) bond motifs is 1. The summed E-state index contributed by atoms with van der Waals surface area (Å²) >= 11 is 0. The minimum absolute atomic E-state index is 0.0576. The van der Waals surface area contributed by atoms with E-state index >= 15 is 0 Å². The van der Waals surface area contributed by atoms with E-state index in [2.05, 4.69) is 10.5 Å². The Morgan fingerprint density at radius 3 is 2.35 bits per heavy atom. The topological polar surface area (TPSA) is 160 Å². The van der Waals surface area contributed by atoms with Gasteiger partial charge in [-0.3, -0.25) is 25.0 Å². The second-order valence-electron chi connectivity index (χ2n) is 7.40. The Balaban J connectivity index is 1.66. The average Bonchev–Trinajstić information content (AvgIpc) is 2.84. The van der Waals surface area contributed by atoms with Gasteiger partial charge in [-0.15, -0.1) is 0 Å². The van der Waals surface area contributed by atoms with E-state index in [0.717, 1.165) is 17.5 Å². The number of ether oxygens (including phenoxy) is 1. The smallest absolute Gasteiger partial charge is 0.300 e. The molecule has 3 aromatic carbocycles. The first kappa shape index (κ1) is 22.6. The highest BCUT2D eigenvalue weighted by molar-refractivity contribution is 6.03. The Morgan fingerprint density at radius 1 is 1.06 bits per heavy atom. The predicted molar refractivity (Wildman–Crippen MR) is 123 cm³/mol. The number of hydrogen-bond donors (Lipinski definition) is 2. The van der Waals surface area contributed by atoms with Gasteiger partial charge in [-0.1, -0.05) is 30.3 Å². The fourth-order valence-electron chi connectivity index (χ4n) is 3.76. The summed E-state index contributed by atoms with van der Waals surface area (Å²) in [5, 5.41) is 39.0. The Hall–Kier alpha value is -4.58. The van der Waals surface area contributed by atoms with Crippen LogP contribution in [0.15, 0.2) is 53.6 Å². The van der Waals surface area contributed by atoms with Crippen LogP contribution >= 0.6 is 0 Å². The van der Waals surface area contributed by atoms with Gasteiger partial charge >= 0.3 is 0 Å². The molecule has 1 fully saturated rings. The molecular weight excluding hydrogens is 446 g/mol. The quantitative estimate of drug-likeness (QED) is 0.319. The molecule has 0 atom stereocenters. The molecule has 0 unspecified atom stereocenters. The number of amides is 1. The zero-order chi connectivity index (χ0) is 24.2. The molecule has 1 aliphatic rings. The number of nitrogens with one attached hydrogen (secondary N) is 1. The number of nitro groups is 2. The van der Waals surface area contributed by atoms with Crippen molar-refractivity contribution in [3.05, 3.63) is 79.9 Å². The highest BCUT2D eigenvalue weighted by Gasteiger charge is 2.33. The molecule has 0 aromatic heterocycles. The summed E-state index contributed by atoms with van der Waals surface area (Å²) in [6.07, 6.45) is 1.24. The van der Waals surface area contributed by atoms with Crippen molar-refractivity contribution in [3.8, 4) is 5.75 Å². The van der Waals surface area contributed by atoms with Gasteiger partial charge in [0.05, 0.1) is 34.8 Å². The molecule has 1 saturated heterocycles. The molecule has 0 aliphatic carbocycles. The molecule has 0 spiro atoms. The lowest BCUT2D eigenvalue weighted by Crippen LogP contribution is -2.37. The number of carbonyl (C=O) groups is 1. The van der Waals surface area contributed by atoms with Crippen LogP contribution in [0.1, 0.15) is 15.9 Å². The van der Waals surface area contributed by atoms with E-state index in [4.69, 9.17) is 4.74 Å². The van der Waals surface area contributed by atoms with Crippen molar-refractivity contribution < 1.29 is 24.5 Å². The third-order valence-corrected chi connectivity index (χ3v) is 5.36. The molecule has 2 N–H and O–H groups in total. The van der Waals surface area contributed by atoms with Crippen molar-refractivity contribution in [2.75, 3.05) is 31.2 Å². The van der Waals surface area contributed by atoms with E-state index in [1.807, 2.05) is 12.1 Å². The van der Waals surface area contributed by atoms with Crippen LogP contribution in [-0.4, -0.2) is 53.4 Å². The van der Waals surface area contributed by atoms with Crippen LogP contribution in [0.3, 0.4) is 0 Å². The molecule has 12 heteroatoms. The number of nitrogens with zero attached hydrogens (tertiary/aromatic N) is 4. The van der Waals surface area contributed by atoms with Gasteiger partial charge in [-0.25, -0.2) is 5.43 Å². The molecule has 1 heterocycles. The van der Waals surface area contributed by atoms with Crippen molar-refractivity contribution in [1.82, 2.24) is 5.43 Å². The van der Waals surface area contributed by atoms with Gasteiger partial charge in [0.25, 0.3) is 17.3 Å². The van der Waals surface area contributed by atoms with Gasteiger partial charge in [0.1, 0.15) is 5.75 Å². The molecule has 34 heavy (non-hydrogen) atoms. The number of rotatable bonds is 6. The fraction of sp³-hybridized carbons (Fsp3) is 0.182. The minimum atomic E-state index is -0.879. The first-order valence-corrected chi connectivity index (χ1v) is 10.2. The largest absolute Gasteiger partial charge is 0.507 e. The van der Waals surface area contributed by atoms with Crippen LogP contribution in [0.4, 0.5) is 17.1 Å². The second kappa shape index (κ2) is 9.50. The average molecular weight is 465 g/mol. The van der Waals surface area contributed by atoms with Gasteiger partial charge in [-0.2, -0.15) is 5.10 Å². The molecule has 4 rings (SSSR count). The van der Waals surface area contributed by atoms with Gasteiger partial charge in [-0.05, 0) is 16.8 Å². The van der Waals surface area contributed by atoms with E-state index in [1.165, 1.54) is 17.2 Å². The maximum Gasteiger partial charge on any atom is 0.300 e. The van der Waals surface area contributed by atoms with Crippen LogP contribution in [0.2, 0.25) is 0 Å². The van der Waals surface area contributed by atoms with Gasteiger partial charge < -0.3 is 14.7 Å². The van der Waals surface area contributed by atoms with Gasteiger partial charge in [0.15, 0.2) is 5.69 Å². The SMILES string of the molecule is O=C(NN=Cc1c(O)ccc2ccccc12)c1cc([N+](=O)[O-])c(N2CCOCC2)c([N+](=O)[O-])c1. The molecule has 12 nitrogen and oxygen atoms in total. The standard InChI is InChI=1S/C22H19N5O7/c28-20-6-5-14-3-1-2-4-16(14)17(20)13-23-24-22(29)15-11-18(26(30)31)21(19(12-15)27(32)33)25-7-9-34-10-8-25/h1-6,11-13,28H,7-10H2,(H,24,29). The van der Waals surface area contributed by atoms with E-state index in [9.17, 15) is 30.1 Å². The van der Waals surface area contributed by atoms with Crippen molar-refractivity contribution in [1.29, 1.82) is 0 Å². The second-order valence-corrected chi connectivity index (χ2v) is 7.40. The first-order valence-electron chi connectivity index (χ1n) is 10.2. The molecule has 3 aromatic rings. The zero-order valence-corrected chi connectivity index (χ0v) is 17.7. The van der Waals surface area contributed by atoms with E-state index in [1.54, 1.807) is 18.2 Å². The summed E-state index contributed by atoms with van der Waals surface area (Å²) in [5.74, 6) is -0.937. The molecular formula is C22H19N5O7. The summed E-state index contributed by atoms with van der Waals surface area (Å²) < 4.78 is 5.22. The van der Waals surface area contributed by atoms with Crippen LogP contribution in [0.25, 0.3) is 10.8 Å². The Labute approximate surface area is 192 Å². The third kappa shape index (κ3) is 4.47. The maximum absolute atomic E-state index is 12.7. The van der Waals surface area contributed by atoms with Crippen LogP contribution in [0.5, 0.6) is 5.75 Å². The number of aromatic hydroxyl groups is 1. The van der Waals surface area contributed by atoms with Crippen molar-refractivity contribution in [2.24, 2.45) is 5.10 Å². The maximum atomic E-state index is 12.7. The Bertz CT molecular complexity index is 1280. The number of benzene rings is 3. The Kier molecular flexibility index (Phi) is 6.32. The number of anilines is 1. The highest BCUT2D eigenvalue weighted by atomic mass is 16.6. The monoisotopic (exact) mass is 465 g/mol. The fourth-order valence-corrected chi connectivity index (χ4v) is 3.76. The number of hydrogen-bond acceptors (Lipinski definition) is 9. The van der Waals surface area contributed by atoms with Crippen molar-refractivity contribution in [2.45, 2.75) is 0 Å². The zero-order valence-electron chi connectivity index (χ0n) is 17.7. The summed E-state index contributed by atoms with van der Waals surface area (Å²) in [4.78, 5) is 36.1. The molecule has 0 saturated carbocycles. The first-order chi connectivity index (χ1) is 16.4. The number of phenolic OH excluding ortho intramolecular Hbond substituents is 1. The normalized spacial score (nSPS) is 13.8. The van der Waals surface area contributed by atoms with Crippen molar-refractivity contribution in [3.63, 3.8) is 0 Å². The van der Waals surface area contributed by atoms with Crippen LogP contribution in [-0.2, 0) is 4.74 Å². The van der Waals surface area contributed by atoms with Crippen LogP contribution < -0.4 is 10.3 Å². The lowest BCUT2D eigenvalue weighted by atomic mass is 10.0. The minimum Gasteiger partial charge on any atom is -0.507 e. The summed E-state index contributed by atoms with van der Waals surface area (Å²) in [5.41, 5.74) is 0.990. The molecule has 174 valence electrons. The number of nitro benzene ring substituents is 2. The molecule has 0 bridgehead atoms. The number of morpholine rings is 1. The van der Waals surface area contributed by atoms with Gasteiger partial charge in [0, 0.05) is 30.8 Å². The predicted octanol–water partition coefficient (Wildman–Crippen LogP) is 2.96. The number of carbonyl (C=O) groups excluding carboxylic acids is 1. The molecule has 1 aliphatic heterocycles. The summed E-state index contributed by atoms with van der Waals surface area (Å²) in [7, 11) is 0. The van der Waals surface area contributed by atoms with E-state index in [0.29, 0.717) is 10.9 Å². The lowest BCUT2D eigenvalue weighted by molar-refractivity contribution is -0.392. The summed E-state index contributed by atoms with van der Waals surface area (Å²) in [6.45, 7) is 1.02. The molecule has 0 radical (unpaired) electrons. The molecule has 1 amide bonds. The number of phenols is 1. The summed E-state index contributed by atoms with van der Waals surface area (Å²) in [6, 6.07) is 12.4. The Morgan fingerprint density at radius 2 is 1.71 bits per heavy atom. The lowest BCUT2D eigenvalue weighted by Gasteiger charge is -2.28. The highest BCUT2D eigenvalue weighted by Crippen LogP contribution is 2.39.